The molecule has 7 nitrogen and oxygen atoms in total. The zero-order valence-corrected chi connectivity index (χ0v) is 15.2. The number of hydrogen-bond acceptors (Lipinski definition) is 5. The van der Waals surface area contributed by atoms with Crippen LogP contribution in [-0.4, -0.2) is 43.5 Å². The zero-order valence-electron chi connectivity index (χ0n) is 15.2. The van der Waals surface area contributed by atoms with E-state index in [2.05, 4.69) is 16.0 Å². The molecule has 0 saturated carbocycles. The van der Waals surface area contributed by atoms with Gasteiger partial charge in [-0.1, -0.05) is 29.8 Å². The van der Waals surface area contributed by atoms with Crippen LogP contribution in [0.2, 0.25) is 0 Å². The van der Waals surface area contributed by atoms with E-state index in [0.29, 0.717) is 30.9 Å². The van der Waals surface area contributed by atoms with Gasteiger partial charge in [-0.25, -0.2) is 4.79 Å². The van der Waals surface area contributed by atoms with Gasteiger partial charge in [0.1, 0.15) is 24.5 Å². The Labute approximate surface area is 159 Å². The molecule has 1 atom stereocenters. The average Bonchev–Trinajstić information content (AvgIpc) is 2.68. The fraction of sp³-hybridized carbons (Fsp3) is 0.300. The molecule has 142 valence electrons. The summed E-state index contributed by atoms with van der Waals surface area (Å²) in [5.41, 5.74) is 2.29. The molecule has 0 saturated heterocycles. The number of para-hydroxylation sites is 1. The van der Waals surface area contributed by atoms with E-state index in [1.54, 1.807) is 24.3 Å². The van der Waals surface area contributed by atoms with Gasteiger partial charge in [-0.05, 0) is 31.2 Å². The highest BCUT2D eigenvalue weighted by Crippen LogP contribution is 2.16. The first kappa shape index (κ1) is 20.2. The van der Waals surface area contributed by atoms with E-state index in [-0.39, 0.29) is 12.6 Å². The molecule has 7 heteroatoms. The van der Waals surface area contributed by atoms with Crippen LogP contribution in [0.4, 0.5) is 10.5 Å². The molecule has 2 aromatic carbocycles. The predicted molar refractivity (Wildman–Crippen MR) is 104 cm³/mol. The molecule has 0 heterocycles. The van der Waals surface area contributed by atoms with Gasteiger partial charge >= 0.3 is 6.03 Å². The Kier molecular flexibility index (Phi) is 8.10. The number of carbonyl (C=O) groups is 1. The number of aliphatic hydroxyl groups is 1. The normalized spacial score (nSPS) is 11.3. The maximum atomic E-state index is 11.8. The summed E-state index contributed by atoms with van der Waals surface area (Å²) in [4.78, 5) is 11.8. The second kappa shape index (κ2) is 10.8. The standard InChI is InChI=1S/C20H24N4O3/c1-15-6-8-17(9-7-15)24-20(26)23-11-10-22-13-18(25)14-27-19-5-3-2-4-16(19)12-21/h2-9,18,22,25H,10-11,13-14H2,1H3,(H2,23,24,26). The van der Waals surface area contributed by atoms with E-state index < -0.39 is 6.10 Å². The van der Waals surface area contributed by atoms with Crippen LogP contribution in [0.25, 0.3) is 0 Å². The third-order valence-electron chi connectivity index (χ3n) is 3.72. The van der Waals surface area contributed by atoms with Crippen LogP contribution >= 0.6 is 0 Å². The lowest BCUT2D eigenvalue weighted by atomic mass is 10.2. The van der Waals surface area contributed by atoms with E-state index in [9.17, 15) is 9.90 Å². The SMILES string of the molecule is Cc1ccc(NC(=O)NCCNCC(O)COc2ccccc2C#N)cc1. The van der Waals surface area contributed by atoms with Gasteiger partial charge in [0.2, 0.25) is 0 Å². The molecule has 0 bridgehead atoms. The molecule has 0 aliphatic carbocycles. The quantitative estimate of drug-likeness (QED) is 0.507. The monoisotopic (exact) mass is 368 g/mol. The van der Waals surface area contributed by atoms with Crippen molar-refractivity contribution in [1.82, 2.24) is 10.6 Å². The maximum Gasteiger partial charge on any atom is 0.319 e. The highest BCUT2D eigenvalue weighted by molar-refractivity contribution is 5.89. The molecule has 27 heavy (non-hydrogen) atoms. The van der Waals surface area contributed by atoms with Gasteiger partial charge in [-0.2, -0.15) is 5.26 Å². The minimum atomic E-state index is -0.724. The molecule has 4 N–H and O–H groups in total. The van der Waals surface area contributed by atoms with Gasteiger partial charge in [0.15, 0.2) is 0 Å². The minimum absolute atomic E-state index is 0.0764. The van der Waals surface area contributed by atoms with Gasteiger partial charge in [-0.15, -0.1) is 0 Å². The number of nitrogens with zero attached hydrogens (tertiary/aromatic N) is 1. The van der Waals surface area contributed by atoms with Crippen LogP contribution in [-0.2, 0) is 0 Å². The first-order valence-corrected chi connectivity index (χ1v) is 8.70. The number of rotatable bonds is 9. The average molecular weight is 368 g/mol. The van der Waals surface area contributed by atoms with E-state index in [1.807, 2.05) is 37.3 Å². The summed E-state index contributed by atoms with van der Waals surface area (Å²) in [6.45, 7) is 3.30. The molecule has 2 amide bonds. The summed E-state index contributed by atoms with van der Waals surface area (Å²) in [5.74, 6) is 0.452. The molecular formula is C20H24N4O3. The van der Waals surface area contributed by atoms with Gasteiger partial charge in [0.05, 0.1) is 5.56 Å². The Bertz CT molecular complexity index is 772. The molecule has 0 aromatic heterocycles. The van der Waals surface area contributed by atoms with Crippen molar-refractivity contribution in [2.45, 2.75) is 13.0 Å². The largest absolute Gasteiger partial charge is 0.489 e. The Hall–Kier alpha value is -3.08. The molecule has 1 unspecified atom stereocenters. The number of aryl methyl sites for hydroxylation is 1. The van der Waals surface area contributed by atoms with E-state index in [4.69, 9.17) is 10.00 Å². The van der Waals surface area contributed by atoms with Gasteiger partial charge in [0.25, 0.3) is 0 Å². The lowest BCUT2D eigenvalue weighted by Crippen LogP contribution is -2.38. The first-order chi connectivity index (χ1) is 13.1. The van der Waals surface area contributed by atoms with Crippen LogP contribution in [0.5, 0.6) is 5.75 Å². The zero-order chi connectivity index (χ0) is 19.5. The van der Waals surface area contributed by atoms with Crippen molar-refractivity contribution in [1.29, 1.82) is 5.26 Å². The van der Waals surface area contributed by atoms with Crippen molar-refractivity contribution in [3.63, 3.8) is 0 Å². The number of hydrogen-bond donors (Lipinski definition) is 4. The Morgan fingerprint density at radius 2 is 1.93 bits per heavy atom. The summed E-state index contributed by atoms with van der Waals surface area (Å²) < 4.78 is 5.47. The molecule has 0 spiro atoms. The molecule has 0 aliphatic rings. The number of nitrogens with one attached hydrogen (secondary N) is 3. The number of aliphatic hydroxyl groups excluding tert-OH is 1. The van der Waals surface area contributed by atoms with Gasteiger partial charge in [-0.3, -0.25) is 0 Å². The number of anilines is 1. The van der Waals surface area contributed by atoms with E-state index >= 15 is 0 Å². The van der Waals surface area contributed by atoms with Crippen LogP contribution in [0.3, 0.4) is 0 Å². The molecule has 0 aliphatic heterocycles. The highest BCUT2D eigenvalue weighted by Gasteiger charge is 2.07. The third kappa shape index (κ3) is 7.36. The number of benzene rings is 2. The Balaban J connectivity index is 1.57. The highest BCUT2D eigenvalue weighted by atomic mass is 16.5. The fourth-order valence-corrected chi connectivity index (χ4v) is 2.28. The summed E-state index contributed by atoms with van der Waals surface area (Å²) in [7, 11) is 0. The van der Waals surface area contributed by atoms with E-state index in [0.717, 1.165) is 11.3 Å². The summed E-state index contributed by atoms with van der Waals surface area (Å²) in [6.07, 6.45) is -0.724. The number of nitriles is 1. The van der Waals surface area contributed by atoms with Crippen molar-refractivity contribution in [2.24, 2.45) is 0 Å². The van der Waals surface area contributed by atoms with Crippen LogP contribution in [0.15, 0.2) is 48.5 Å². The van der Waals surface area contributed by atoms with Gasteiger partial charge in [0, 0.05) is 25.3 Å². The summed E-state index contributed by atoms with van der Waals surface area (Å²) >= 11 is 0. The molecule has 2 rings (SSSR count). The van der Waals surface area contributed by atoms with Crippen LogP contribution < -0.4 is 20.7 Å². The second-order valence-corrected chi connectivity index (χ2v) is 6.02. The van der Waals surface area contributed by atoms with Crippen molar-refractivity contribution < 1.29 is 14.6 Å². The Morgan fingerprint density at radius 3 is 2.67 bits per heavy atom. The first-order valence-electron chi connectivity index (χ1n) is 8.70. The van der Waals surface area contributed by atoms with Crippen LogP contribution in [0, 0.1) is 18.3 Å². The lowest BCUT2D eigenvalue weighted by molar-refractivity contribution is 0.106. The van der Waals surface area contributed by atoms with Gasteiger partial charge < -0.3 is 25.8 Å². The van der Waals surface area contributed by atoms with Crippen LogP contribution in [0.1, 0.15) is 11.1 Å². The molecule has 2 aromatic rings. The van der Waals surface area contributed by atoms with Crippen molar-refractivity contribution in [3.8, 4) is 11.8 Å². The predicted octanol–water partition coefficient (Wildman–Crippen LogP) is 2.02. The number of ether oxygens (including phenoxy) is 1. The summed E-state index contributed by atoms with van der Waals surface area (Å²) in [5, 5.41) is 27.4. The van der Waals surface area contributed by atoms with Crippen molar-refractivity contribution in [2.75, 3.05) is 31.6 Å². The Morgan fingerprint density at radius 1 is 1.19 bits per heavy atom. The van der Waals surface area contributed by atoms with Crippen molar-refractivity contribution >= 4 is 11.7 Å². The fourth-order valence-electron chi connectivity index (χ4n) is 2.28. The second-order valence-electron chi connectivity index (χ2n) is 6.02. The molecular weight excluding hydrogens is 344 g/mol. The summed E-state index contributed by atoms with van der Waals surface area (Å²) in [6, 6.07) is 16.2. The number of carbonyl (C=O) groups excluding carboxylic acids is 1. The number of urea groups is 1. The molecule has 0 radical (unpaired) electrons. The topological polar surface area (TPSA) is 106 Å². The molecule has 0 fully saturated rings. The maximum absolute atomic E-state index is 11.8. The van der Waals surface area contributed by atoms with E-state index in [1.165, 1.54) is 0 Å². The lowest BCUT2D eigenvalue weighted by Gasteiger charge is -2.14. The third-order valence-corrected chi connectivity index (χ3v) is 3.72. The number of amides is 2. The van der Waals surface area contributed by atoms with Crippen molar-refractivity contribution in [3.05, 3.63) is 59.7 Å². The minimum Gasteiger partial charge on any atom is -0.489 e. The smallest absolute Gasteiger partial charge is 0.319 e.